The average Bonchev–Trinajstić information content (AvgIpc) is 2.59. The second kappa shape index (κ2) is 12.4. The Hall–Kier alpha value is -1.01. The minimum atomic E-state index is -1.46. The summed E-state index contributed by atoms with van der Waals surface area (Å²) in [7, 11) is 0. The van der Waals surface area contributed by atoms with Crippen molar-refractivity contribution in [2.24, 2.45) is 5.11 Å². The van der Waals surface area contributed by atoms with Gasteiger partial charge >= 0.3 is 0 Å². The Labute approximate surface area is 139 Å². The smallest absolute Gasteiger partial charge is 0.186 e. The molecule has 1 aliphatic rings. The maximum atomic E-state index is 9.75. The van der Waals surface area contributed by atoms with E-state index < -0.39 is 37.3 Å². The molecule has 0 radical (unpaired) electrons. The first-order chi connectivity index (χ1) is 11.6. The van der Waals surface area contributed by atoms with Crippen LogP contribution in [-0.2, 0) is 18.9 Å². The van der Waals surface area contributed by atoms with Crippen LogP contribution < -0.4 is 0 Å². The molecule has 1 saturated heterocycles. The molecule has 11 nitrogen and oxygen atoms in total. The van der Waals surface area contributed by atoms with Gasteiger partial charge in [-0.15, -0.1) is 0 Å². The van der Waals surface area contributed by atoms with Crippen LogP contribution in [0.2, 0.25) is 0 Å². The van der Waals surface area contributed by atoms with Gasteiger partial charge in [0.05, 0.1) is 33.0 Å². The Morgan fingerprint density at radius 2 is 1.62 bits per heavy atom. The molecule has 5 atom stereocenters. The largest absolute Gasteiger partial charge is 0.394 e. The Balaban J connectivity index is 2.05. The van der Waals surface area contributed by atoms with Gasteiger partial charge in [0.2, 0.25) is 0 Å². The number of hydrogen-bond donors (Lipinski definition) is 4. The molecular formula is C13H25N3O8. The molecule has 0 aromatic rings. The summed E-state index contributed by atoms with van der Waals surface area (Å²) in [6.07, 6.45) is -5.78. The van der Waals surface area contributed by atoms with Gasteiger partial charge in [-0.2, -0.15) is 0 Å². The molecule has 1 rings (SSSR count). The van der Waals surface area contributed by atoms with E-state index in [0.29, 0.717) is 32.8 Å². The van der Waals surface area contributed by atoms with E-state index in [1.807, 2.05) is 0 Å². The van der Waals surface area contributed by atoms with Gasteiger partial charge in [-0.25, -0.2) is 0 Å². The van der Waals surface area contributed by atoms with Crippen LogP contribution in [0, 0.1) is 0 Å². The molecule has 4 N–H and O–H groups in total. The van der Waals surface area contributed by atoms with Gasteiger partial charge in [0.1, 0.15) is 24.4 Å². The lowest BCUT2D eigenvalue weighted by atomic mass is 9.99. The first-order valence-corrected chi connectivity index (χ1v) is 7.70. The number of nitrogens with zero attached hydrogens (tertiary/aromatic N) is 3. The van der Waals surface area contributed by atoms with E-state index in [9.17, 15) is 15.3 Å². The third-order valence-electron chi connectivity index (χ3n) is 3.34. The zero-order valence-electron chi connectivity index (χ0n) is 13.3. The quantitative estimate of drug-likeness (QED) is 0.143. The molecule has 1 heterocycles. The minimum absolute atomic E-state index is 0.0968. The summed E-state index contributed by atoms with van der Waals surface area (Å²) in [6, 6.07) is 0. The molecule has 0 aromatic heterocycles. The molecule has 24 heavy (non-hydrogen) atoms. The summed E-state index contributed by atoms with van der Waals surface area (Å²) in [5.41, 5.74) is 8.08. The average molecular weight is 351 g/mol. The van der Waals surface area contributed by atoms with Crippen molar-refractivity contribution in [3.8, 4) is 0 Å². The maximum absolute atomic E-state index is 9.75. The van der Waals surface area contributed by atoms with Crippen LogP contribution in [0.3, 0.4) is 0 Å². The normalized spacial score (nSPS) is 30.1. The van der Waals surface area contributed by atoms with Gasteiger partial charge in [-0.05, 0) is 12.0 Å². The van der Waals surface area contributed by atoms with Gasteiger partial charge in [0.15, 0.2) is 6.29 Å². The molecule has 11 heteroatoms. The van der Waals surface area contributed by atoms with Crippen LogP contribution >= 0.6 is 0 Å². The van der Waals surface area contributed by atoms with Crippen LogP contribution in [-0.4, -0.2) is 97.3 Å². The lowest BCUT2D eigenvalue weighted by Gasteiger charge is -2.39. The summed E-state index contributed by atoms with van der Waals surface area (Å²) in [5.74, 6) is 0. The standard InChI is InChI=1S/C13H25N3O8/c14-16-15-2-1-3-21-4-5-22-6-7-23-13-12(20)11(19)10(18)9(8-17)24-13/h9-13,17-20H,1-8H2/t9-,10-,11+,12-,13-/m1/s1. The molecule has 0 saturated carbocycles. The number of ether oxygens (including phenoxy) is 4. The zero-order valence-corrected chi connectivity index (χ0v) is 13.3. The van der Waals surface area contributed by atoms with E-state index >= 15 is 0 Å². The summed E-state index contributed by atoms with van der Waals surface area (Å²) in [5, 5.41) is 41.4. The van der Waals surface area contributed by atoms with Crippen LogP contribution in [0.5, 0.6) is 0 Å². The SMILES string of the molecule is [N-]=[N+]=NCCCOCCOCCO[C@@H]1O[C@H](CO)[C@@H](O)[C@H](O)[C@H]1O. The molecule has 0 aromatic carbocycles. The second-order valence-corrected chi connectivity index (χ2v) is 5.10. The van der Waals surface area contributed by atoms with E-state index in [4.69, 9.17) is 29.6 Å². The number of aliphatic hydroxyl groups is 4. The van der Waals surface area contributed by atoms with Gasteiger partial charge in [0, 0.05) is 18.1 Å². The molecule has 0 unspecified atom stereocenters. The van der Waals surface area contributed by atoms with Crippen LogP contribution in [0.1, 0.15) is 6.42 Å². The van der Waals surface area contributed by atoms with Crippen molar-refractivity contribution in [1.29, 1.82) is 0 Å². The maximum Gasteiger partial charge on any atom is 0.186 e. The monoisotopic (exact) mass is 351 g/mol. The first-order valence-electron chi connectivity index (χ1n) is 7.70. The van der Waals surface area contributed by atoms with Gasteiger partial charge < -0.3 is 39.4 Å². The van der Waals surface area contributed by atoms with Crippen LogP contribution in [0.15, 0.2) is 5.11 Å². The van der Waals surface area contributed by atoms with Crippen molar-refractivity contribution in [2.45, 2.75) is 37.1 Å². The fourth-order valence-corrected chi connectivity index (χ4v) is 2.03. The number of hydrogen-bond acceptors (Lipinski definition) is 9. The molecule has 0 aliphatic carbocycles. The lowest BCUT2D eigenvalue weighted by molar-refractivity contribution is -0.302. The highest BCUT2D eigenvalue weighted by Crippen LogP contribution is 2.21. The molecule has 1 aliphatic heterocycles. The van der Waals surface area contributed by atoms with Crippen LogP contribution in [0.25, 0.3) is 10.4 Å². The minimum Gasteiger partial charge on any atom is -0.394 e. The van der Waals surface area contributed by atoms with Gasteiger partial charge in [0.25, 0.3) is 0 Å². The predicted octanol–water partition coefficient (Wildman–Crippen LogP) is -1.46. The van der Waals surface area contributed by atoms with Gasteiger partial charge in [-0.1, -0.05) is 5.11 Å². The Morgan fingerprint density at radius 3 is 2.29 bits per heavy atom. The zero-order chi connectivity index (χ0) is 17.8. The second-order valence-electron chi connectivity index (χ2n) is 5.10. The van der Waals surface area contributed by atoms with Crippen molar-refractivity contribution in [1.82, 2.24) is 0 Å². The van der Waals surface area contributed by atoms with Crippen molar-refractivity contribution >= 4 is 0 Å². The van der Waals surface area contributed by atoms with E-state index in [1.54, 1.807) is 0 Å². The molecule has 140 valence electrons. The summed E-state index contributed by atoms with van der Waals surface area (Å²) in [6.45, 7) is 1.42. The third kappa shape index (κ3) is 7.26. The Kier molecular flexibility index (Phi) is 10.8. The molecular weight excluding hydrogens is 326 g/mol. The van der Waals surface area contributed by atoms with E-state index in [1.165, 1.54) is 0 Å². The fraction of sp³-hybridized carbons (Fsp3) is 1.00. The molecule has 0 amide bonds. The Morgan fingerprint density at radius 1 is 0.958 bits per heavy atom. The number of rotatable bonds is 12. The Bertz CT molecular complexity index is 380. The third-order valence-corrected chi connectivity index (χ3v) is 3.34. The molecule has 0 bridgehead atoms. The van der Waals surface area contributed by atoms with Crippen molar-refractivity contribution in [3.63, 3.8) is 0 Å². The highest BCUT2D eigenvalue weighted by atomic mass is 16.7. The topological polar surface area (TPSA) is 167 Å². The predicted molar refractivity (Wildman–Crippen MR) is 80.0 cm³/mol. The van der Waals surface area contributed by atoms with Gasteiger partial charge in [-0.3, -0.25) is 0 Å². The van der Waals surface area contributed by atoms with Crippen molar-refractivity contribution < 1.29 is 39.4 Å². The summed E-state index contributed by atoms with van der Waals surface area (Å²) in [4.78, 5) is 2.63. The fourth-order valence-electron chi connectivity index (χ4n) is 2.03. The van der Waals surface area contributed by atoms with E-state index in [2.05, 4.69) is 10.0 Å². The summed E-state index contributed by atoms with van der Waals surface area (Å²) < 4.78 is 20.9. The number of azide groups is 1. The van der Waals surface area contributed by atoms with E-state index in [-0.39, 0.29) is 13.2 Å². The molecule has 0 spiro atoms. The van der Waals surface area contributed by atoms with Crippen molar-refractivity contribution in [3.05, 3.63) is 10.4 Å². The number of aliphatic hydroxyl groups excluding tert-OH is 4. The first kappa shape index (κ1) is 21.0. The summed E-state index contributed by atoms with van der Waals surface area (Å²) >= 11 is 0. The lowest BCUT2D eigenvalue weighted by Crippen LogP contribution is -2.59. The molecule has 1 fully saturated rings. The van der Waals surface area contributed by atoms with E-state index in [0.717, 1.165) is 0 Å². The highest BCUT2D eigenvalue weighted by Gasteiger charge is 2.43. The van der Waals surface area contributed by atoms with Crippen molar-refractivity contribution in [2.75, 3.05) is 46.2 Å². The van der Waals surface area contributed by atoms with Crippen LogP contribution in [0.4, 0.5) is 0 Å². The highest BCUT2D eigenvalue weighted by molar-refractivity contribution is 4.88.